The number of nitro groups is 1. The minimum absolute atomic E-state index is 0.000548. The molecule has 1 rings (SSSR count). The summed E-state index contributed by atoms with van der Waals surface area (Å²) in [4.78, 5) is 21.4. The van der Waals surface area contributed by atoms with Crippen LogP contribution < -0.4 is 10.1 Å². The van der Waals surface area contributed by atoms with Crippen molar-refractivity contribution in [2.75, 3.05) is 13.7 Å². The molecule has 0 spiro atoms. The minimum atomic E-state index is -0.864. The first kappa shape index (κ1) is 16.8. The van der Waals surface area contributed by atoms with E-state index in [9.17, 15) is 19.3 Å². The van der Waals surface area contributed by atoms with Crippen LogP contribution in [0.2, 0.25) is 0 Å². The molecule has 0 radical (unpaired) electrons. The first-order valence-electron chi connectivity index (χ1n) is 6.25. The number of nitrogens with one attached hydrogen (secondary N) is 1. The molecule has 0 amide bonds. The van der Waals surface area contributed by atoms with Crippen LogP contribution in [0.25, 0.3) is 0 Å². The zero-order valence-electron chi connectivity index (χ0n) is 12.0. The van der Waals surface area contributed by atoms with Crippen LogP contribution in [0.3, 0.4) is 0 Å². The van der Waals surface area contributed by atoms with E-state index >= 15 is 0 Å². The Labute approximate surface area is 121 Å². The highest BCUT2D eigenvalue weighted by atomic mass is 19.1. The van der Waals surface area contributed by atoms with Gasteiger partial charge in [-0.2, -0.15) is 0 Å². The number of methoxy groups -OCH3 is 1. The molecular weight excluding hydrogens is 283 g/mol. The lowest BCUT2D eigenvalue weighted by Gasteiger charge is -2.19. The van der Waals surface area contributed by atoms with Crippen LogP contribution in [0.1, 0.15) is 13.8 Å². The van der Waals surface area contributed by atoms with Crippen molar-refractivity contribution in [3.05, 3.63) is 34.1 Å². The molecule has 0 bridgehead atoms. The predicted octanol–water partition coefficient (Wildman–Crippen LogP) is 1.65. The van der Waals surface area contributed by atoms with Gasteiger partial charge in [0.2, 0.25) is 0 Å². The Balaban J connectivity index is 2.75. The van der Waals surface area contributed by atoms with Gasteiger partial charge in [0.15, 0.2) is 11.6 Å². The number of non-ortho nitro benzene ring substituents is 1. The number of esters is 1. The molecule has 0 fully saturated rings. The monoisotopic (exact) mass is 300 g/mol. The third-order valence-corrected chi connectivity index (χ3v) is 2.55. The topological polar surface area (TPSA) is 90.7 Å². The second-order valence-corrected chi connectivity index (χ2v) is 4.58. The minimum Gasteiger partial charge on any atom is -0.488 e. The number of hydrogen-bond acceptors (Lipinski definition) is 6. The van der Waals surface area contributed by atoms with Gasteiger partial charge in [-0.15, -0.1) is 0 Å². The lowest BCUT2D eigenvalue weighted by atomic mass is 10.2. The summed E-state index contributed by atoms with van der Waals surface area (Å²) < 4.78 is 23.5. The third kappa shape index (κ3) is 4.99. The van der Waals surface area contributed by atoms with Gasteiger partial charge in [0, 0.05) is 12.1 Å². The molecule has 1 N–H and O–H groups in total. The molecule has 0 saturated carbocycles. The Bertz CT molecular complexity index is 521. The van der Waals surface area contributed by atoms with Crippen molar-refractivity contribution >= 4 is 11.7 Å². The first-order valence-corrected chi connectivity index (χ1v) is 6.25. The normalized spacial score (nSPS) is 12.0. The van der Waals surface area contributed by atoms with E-state index in [1.165, 1.54) is 7.11 Å². The SMILES string of the molecule is COC(=O)C(COc1ccc([N+](=O)[O-])cc1F)NC(C)C. The van der Waals surface area contributed by atoms with E-state index < -0.39 is 22.8 Å². The third-order valence-electron chi connectivity index (χ3n) is 2.55. The number of halogens is 1. The predicted molar refractivity (Wildman–Crippen MR) is 72.6 cm³/mol. The summed E-state index contributed by atoms with van der Waals surface area (Å²) in [7, 11) is 1.24. The van der Waals surface area contributed by atoms with Crippen LogP contribution in [0, 0.1) is 15.9 Å². The number of nitrogens with zero attached hydrogens (tertiary/aromatic N) is 1. The largest absolute Gasteiger partial charge is 0.488 e. The van der Waals surface area contributed by atoms with Gasteiger partial charge in [0.25, 0.3) is 5.69 Å². The van der Waals surface area contributed by atoms with Crippen molar-refractivity contribution in [1.82, 2.24) is 5.32 Å². The summed E-state index contributed by atoms with van der Waals surface area (Å²) in [6.45, 7) is 3.52. The van der Waals surface area contributed by atoms with Crippen molar-refractivity contribution in [1.29, 1.82) is 0 Å². The highest BCUT2D eigenvalue weighted by Crippen LogP contribution is 2.22. The Hall–Kier alpha value is -2.22. The molecule has 1 aromatic rings. The van der Waals surface area contributed by atoms with Crippen LogP contribution in [-0.4, -0.2) is 36.7 Å². The molecule has 21 heavy (non-hydrogen) atoms. The molecule has 0 heterocycles. The van der Waals surface area contributed by atoms with Crippen LogP contribution >= 0.6 is 0 Å². The van der Waals surface area contributed by atoms with Crippen LogP contribution in [-0.2, 0) is 9.53 Å². The van der Waals surface area contributed by atoms with Crippen molar-refractivity contribution in [2.45, 2.75) is 25.9 Å². The van der Waals surface area contributed by atoms with Gasteiger partial charge < -0.3 is 9.47 Å². The molecule has 1 aromatic carbocycles. The van der Waals surface area contributed by atoms with E-state index in [4.69, 9.17) is 4.74 Å². The number of nitro benzene ring substituents is 1. The molecule has 1 atom stereocenters. The number of hydrogen-bond donors (Lipinski definition) is 1. The maximum Gasteiger partial charge on any atom is 0.326 e. The van der Waals surface area contributed by atoms with Crippen LogP contribution in [0.5, 0.6) is 5.75 Å². The molecule has 0 aromatic heterocycles. The summed E-state index contributed by atoms with van der Waals surface area (Å²) in [5, 5.41) is 13.4. The first-order chi connectivity index (χ1) is 9.85. The van der Waals surface area contributed by atoms with Gasteiger partial charge in [0.05, 0.1) is 18.1 Å². The summed E-state index contributed by atoms with van der Waals surface area (Å²) >= 11 is 0. The standard InChI is InChI=1S/C13H17FN2O5/c1-8(2)15-11(13(17)20-3)7-21-12-5-4-9(16(18)19)6-10(12)14/h4-6,8,11,15H,7H2,1-3H3. The van der Waals surface area contributed by atoms with Crippen LogP contribution in [0.4, 0.5) is 10.1 Å². The van der Waals surface area contributed by atoms with E-state index in [0.717, 1.165) is 18.2 Å². The number of ether oxygens (including phenoxy) is 2. The Morgan fingerprint density at radius 3 is 2.62 bits per heavy atom. The smallest absolute Gasteiger partial charge is 0.326 e. The van der Waals surface area contributed by atoms with E-state index in [2.05, 4.69) is 10.1 Å². The second kappa shape index (κ2) is 7.53. The summed E-state index contributed by atoms with van der Waals surface area (Å²) in [6.07, 6.45) is 0. The summed E-state index contributed by atoms with van der Waals surface area (Å²) in [5.74, 6) is -1.57. The zero-order valence-corrected chi connectivity index (χ0v) is 12.0. The lowest BCUT2D eigenvalue weighted by Crippen LogP contribution is -2.45. The van der Waals surface area contributed by atoms with Crippen molar-refractivity contribution < 1.29 is 23.6 Å². The lowest BCUT2D eigenvalue weighted by molar-refractivity contribution is -0.385. The number of carbonyl (C=O) groups is 1. The second-order valence-electron chi connectivity index (χ2n) is 4.58. The molecule has 0 aliphatic heterocycles. The van der Waals surface area contributed by atoms with Gasteiger partial charge in [-0.1, -0.05) is 13.8 Å². The molecule has 8 heteroatoms. The van der Waals surface area contributed by atoms with E-state index in [-0.39, 0.29) is 24.1 Å². The molecule has 0 aliphatic rings. The van der Waals surface area contributed by atoms with E-state index in [0.29, 0.717) is 0 Å². The van der Waals surface area contributed by atoms with Crippen molar-refractivity contribution in [2.24, 2.45) is 0 Å². The Kier molecular flexibility index (Phi) is 6.04. The molecule has 7 nitrogen and oxygen atoms in total. The van der Waals surface area contributed by atoms with Crippen LogP contribution in [0.15, 0.2) is 18.2 Å². The quantitative estimate of drug-likeness (QED) is 0.468. The number of benzene rings is 1. The fourth-order valence-electron chi connectivity index (χ4n) is 1.62. The summed E-state index contributed by atoms with van der Waals surface area (Å²) in [6, 6.07) is 2.28. The van der Waals surface area contributed by atoms with Gasteiger partial charge in [-0.05, 0) is 6.07 Å². The summed E-state index contributed by atoms with van der Waals surface area (Å²) in [5.41, 5.74) is -0.371. The average Bonchev–Trinajstić information content (AvgIpc) is 2.42. The Morgan fingerprint density at radius 1 is 1.48 bits per heavy atom. The Morgan fingerprint density at radius 2 is 2.14 bits per heavy atom. The van der Waals surface area contributed by atoms with Gasteiger partial charge in [0.1, 0.15) is 12.6 Å². The number of carbonyl (C=O) groups excluding carboxylic acids is 1. The van der Waals surface area contributed by atoms with E-state index in [1.54, 1.807) is 0 Å². The highest BCUT2D eigenvalue weighted by Gasteiger charge is 2.21. The highest BCUT2D eigenvalue weighted by molar-refractivity contribution is 5.75. The molecule has 116 valence electrons. The van der Waals surface area contributed by atoms with Crippen molar-refractivity contribution in [3.63, 3.8) is 0 Å². The fourth-order valence-corrected chi connectivity index (χ4v) is 1.62. The van der Waals surface area contributed by atoms with Crippen molar-refractivity contribution in [3.8, 4) is 5.75 Å². The molecule has 0 saturated heterocycles. The van der Waals surface area contributed by atoms with Gasteiger partial charge in [-0.25, -0.2) is 4.39 Å². The number of rotatable bonds is 7. The zero-order chi connectivity index (χ0) is 16.0. The van der Waals surface area contributed by atoms with E-state index in [1.807, 2.05) is 13.8 Å². The maximum atomic E-state index is 13.6. The molecular formula is C13H17FN2O5. The maximum absolute atomic E-state index is 13.6. The van der Waals surface area contributed by atoms with Gasteiger partial charge >= 0.3 is 5.97 Å². The molecule has 1 unspecified atom stereocenters. The fraction of sp³-hybridized carbons (Fsp3) is 0.462. The van der Waals surface area contributed by atoms with Gasteiger partial charge in [-0.3, -0.25) is 20.2 Å². The average molecular weight is 300 g/mol. The molecule has 0 aliphatic carbocycles.